The molecular formula is C26H30ClNO3. The highest BCUT2D eigenvalue weighted by Gasteiger charge is 2.15. The summed E-state index contributed by atoms with van der Waals surface area (Å²) in [6.07, 6.45) is 3.24. The van der Waals surface area contributed by atoms with Gasteiger partial charge in [-0.25, -0.2) is 0 Å². The number of hydrogen-bond donors (Lipinski definition) is 1. The number of benzene rings is 3. The Kier molecular flexibility index (Phi) is 8.63. The molecule has 1 atom stereocenters. The Morgan fingerprint density at radius 1 is 0.871 bits per heavy atom. The van der Waals surface area contributed by atoms with Crippen molar-refractivity contribution < 1.29 is 31.9 Å². The number of fused-ring (bicyclic) bond motifs is 1. The molecule has 0 radical (unpaired) electrons. The maximum Gasteiger partial charge on any atom is 0.231 e. The highest BCUT2D eigenvalue weighted by Crippen LogP contribution is 2.32. The summed E-state index contributed by atoms with van der Waals surface area (Å²) in [6.45, 7) is 4.33. The van der Waals surface area contributed by atoms with Crippen LogP contribution in [0.3, 0.4) is 0 Å². The van der Waals surface area contributed by atoms with Crippen molar-refractivity contribution in [3.8, 4) is 17.2 Å². The fourth-order valence-corrected chi connectivity index (χ4v) is 3.76. The van der Waals surface area contributed by atoms with Gasteiger partial charge in [-0.2, -0.15) is 0 Å². The lowest BCUT2D eigenvalue weighted by Crippen LogP contribution is -3.00. The van der Waals surface area contributed by atoms with E-state index < -0.39 is 0 Å². The zero-order valence-corrected chi connectivity index (χ0v) is 18.7. The lowest BCUT2D eigenvalue weighted by atomic mass is 10.1. The summed E-state index contributed by atoms with van der Waals surface area (Å²) < 4.78 is 16.8. The minimum Gasteiger partial charge on any atom is -1.00 e. The first-order chi connectivity index (χ1) is 14.8. The molecule has 0 bridgehead atoms. The Morgan fingerprint density at radius 2 is 1.68 bits per heavy atom. The number of hydrogen-bond acceptors (Lipinski definition) is 3. The van der Waals surface area contributed by atoms with Crippen molar-refractivity contribution in [2.45, 2.75) is 38.8 Å². The summed E-state index contributed by atoms with van der Waals surface area (Å²) in [6, 6.07) is 25.5. The Labute approximate surface area is 191 Å². The summed E-state index contributed by atoms with van der Waals surface area (Å²) in [7, 11) is 0. The van der Waals surface area contributed by atoms with Gasteiger partial charge in [0.15, 0.2) is 11.5 Å². The molecule has 164 valence electrons. The summed E-state index contributed by atoms with van der Waals surface area (Å²) in [5.74, 6) is 2.66. The summed E-state index contributed by atoms with van der Waals surface area (Å²) in [5, 5.41) is 2.43. The van der Waals surface area contributed by atoms with Crippen molar-refractivity contribution in [3.63, 3.8) is 0 Å². The van der Waals surface area contributed by atoms with Gasteiger partial charge in [0.05, 0.1) is 12.6 Å². The van der Waals surface area contributed by atoms with E-state index in [-0.39, 0.29) is 12.4 Å². The Hall–Kier alpha value is -2.69. The molecule has 1 aliphatic heterocycles. The van der Waals surface area contributed by atoms with Crippen LogP contribution in [0.15, 0.2) is 72.8 Å². The van der Waals surface area contributed by atoms with Crippen molar-refractivity contribution in [3.05, 3.63) is 89.5 Å². The molecule has 0 saturated carbocycles. The number of nitrogens with two attached hydrogens (primary N) is 1. The predicted octanol–water partition coefficient (Wildman–Crippen LogP) is 1.13. The van der Waals surface area contributed by atoms with E-state index in [4.69, 9.17) is 14.2 Å². The van der Waals surface area contributed by atoms with Gasteiger partial charge in [0.25, 0.3) is 0 Å². The van der Waals surface area contributed by atoms with Crippen LogP contribution >= 0.6 is 0 Å². The fourth-order valence-electron chi connectivity index (χ4n) is 3.76. The summed E-state index contributed by atoms with van der Waals surface area (Å²) in [5.41, 5.74) is 3.82. The largest absolute Gasteiger partial charge is 1.00 e. The smallest absolute Gasteiger partial charge is 0.231 e. The second-order valence-corrected chi connectivity index (χ2v) is 7.92. The Balaban J connectivity index is 0.00000272. The third-order valence-corrected chi connectivity index (χ3v) is 5.38. The van der Waals surface area contributed by atoms with Gasteiger partial charge in [-0.1, -0.05) is 48.5 Å². The molecule has 0 amide bonds. The zero-order valence-electron chi connectivity index (χ0n) is 17.9. The van der Waals surface area contributed by atoms with Crippen molar-refractivity contribution in [1.29, 1.82) is 0 Å². The van der Waals surface area contributed by atoms with Crippen LogP contribution in [0.1, 0.15) is 30.0 Å². The molecule has 0 spiro atoms. The first-order valence-corrected chi connectivity index (χ1v) is 10.7. The molecule has 4 nitrogen and oxygen atoms in total. The van der Waals surface area contributed by atoms with Crippen LogP contribution in [-0.2, 0) is 19.4 Å². The topological polar surface area (TPSA) is 44.3 Å². The van der Waals surface area contributed by atoms with Crippen LogP contribution in [0, 0.1) is 0 Å². The maximum atomic E-state index is 5.95. The molecule has 0 aromatic heterocycles. The first-order valence-electron chi connectivity index (χ1n) is 10.7. The van der Waals surface area contributed by atoms with Gasteiger partial charge < -0.3 is 31.9 Å². The first kappa shape index (κ1) is 23.0. The van der Waals surface area contributed by atoms with Crippen LogP contribution in [0.4, 0.5) is 0 Å². The van der Waals surface area contributed by atoms with Gasteiger partial charge in [0, 0.05) is 12.8 Å². The fraction of sp³-hybridized carbons (Fsp3) is 0.308. The average molecular weight is 440 g/mol. The zero-order chi connectivity index (χ0) is 20.6. The number of halogens is 1. The highest BCUT2D eigenvalue weighted by molar-refractivity contribution is 5.44. The van der Waals surface area contributed by atoms with E-state index in [1.54, 1.807) is 0 Å². The van der Waals surface area contributed by atoms with E-state index in [1.165, 1.54) is 16.7 Å². The Morgan fingerprint density at radius 3 is 2.55 bits per heavy atom. The van der Waals surface area contributed by atoms with Crippen LogP contribution in [0.5, 0.6) is 17.2 Å². The average Bonchev–Trinajstić information content (AvgIpc) is 3.24. The van der Waals surface area contributed by atoms with Gasteiger partial charge >= 0.3 is 0 Å². The van der Waals surface area contributed by atoms with Crippen LogP contribution < -0.4 is 31.9 Å². The van der Waals surface area contributed by atoms with Gasteiger partial charge in [0.2, 0.25) is 6.79 Å². The van der Waals surface area contributed by atoms with Crippen LogP contribution in [0.2, 0.25) is 0 Å². The SMILES string of the molecule is CC(Cc1ccc2c(c1)OCO2)[NH2+]CCCc1cccc(OCc2ccccc2)c1.[Cl-]. The summed E-state index contributed by atoms with van der Waals surface area (Å²) in [4.78, 5) is 0. The number of rotatable bonds is 10. The molecular weight excluding hydrogens is 410 g/mol. The molecule has 3 aromatic rings. The van der Waals surface area contributed by atoms with E-state index in [2.05, 4.69) is 54.7 Å². The second-order valence-electron chi connectivity index (χ2n) is 7.92. The molecule has 0 fully saturated rings. The summed E-state index contributed by atoms with van der Waals surface area (Å²) >= 11 is 0. The van der Waals surface area contributed by atoms with E-state index >= 15 is 0 Å². The minimum atomic E-state index is 0. The molecule has 31 heavy (non-hydrogen) atoms. The molecule has 2 N–H and O–H groups in total. The number of ether oxygens (including phenoxy) is 3. The molecule has 1 heterocycles. The van der Waals surface area contributed by atoms with Crippen LogP contribution in [0.25, 0.3) is 0 Å². The minimum absolute atomic E-state index is 0. The van der Waals surface area contributed by atoms with Gasteiger partial charge in [-0.05, 0) is 54.3 Å². The number of aryl methyl sites for hydroxylation is 1. The predicted molar refractivity (Wildman–Crippen MR) is 118 cm³/mol. The lowest BCUT2D eigenvalue weighted by molar-refractivity contribution is -0.686. The highest BCUT2D eigenvalue weighted by atomic mass is 35.5. The second kappa shape index (κ2) is 11.6. The molecule has 3 aromatic carbocycles. The van der Waals surface area contributed by atoms with Crippen molar-refractivity contribution >= 4 is 0 Å². The van der Waals surface area contributed by atoms with Gasteiger partial charge in [0.1, 0.15) is 12.4 Å². The quantitative estimate of drug-likeness (QED) is 0.482. The normalized spacial score (nSPS) is 12.8. The van der Waals surface area contributed by atoms with E-state index in [1.807, 2.05) is 30.3 Å². The molecule has 1 unspecified atom stereocenters. The van der Waals surface area contributed by atoms with E-state index in [9.17, 15) is 0 Å². The molecule has 0 saturated heterocycles. The third-order valence-electron chi connectivity index (χ3n) is 5.38. The molecule has 0 aliphatic carbocycles. The monoisotopic (exact) mass is 439 g/mol. The van der Waals surface area contributed by atoms with Gasteiger partial charge in [-0.3, -0.25) is 0 Å². The molecule has 5 heteroatoms. The van der Waals surface area contributed by atoms with Crippen molar-refractivity contribution in [2.75, 3.05) is 13.3 Å². The van der Waals surface area contributed by atoms with E-state index in [0.717, 1.165) is 43.1 Å². The number of quaternary nitrogens is 1. The van der Waals surface area contributed by atoms with Crippen molar-refractivity contribution in [1.82, 2.24) is 0 Å². The maximum absolute atomic E-state index is 5.95. The Bertz CT molecular complexity index is 948. The van der Waals surface area contributed by atoms with Gasteiger partial charge in [-0.15, -0.1) is 0 Å². The van der Waals surface area contributed by atoms with Crippen molar-refractivity contribution in [2.24, 2.45) is 0 Å². The lowest BCUT2D eigenvalue weighted by Gasteiger charge is -2.12. The standard InChI is InChI=1S/C26H29NO3.ClH/c1-20(15-23-12-13-25-26(17-23)30-19-29-25)27-14-6-10-21-9-5-11-24(16-21)28-18-22-7-3-2-4-8-22;/h2-5,7-9,11-13,16-17,20,27H,6,10,14-15,18-19H2,1H3;1H. The molecule has 1 aliphatic rings. The van der Waals surface area contributed by atoms with E-state index in [0.29, 0.717) is 19.4 Å². The molecule has 4 rings (SSSR count). The van der Waals surface area contributed by atoms with Crippen LogP contribution in [-0.4, -0.2) is 19.4 Å². The third kappa shape index (κ3) is 6.91.